The zero-order valence-corrected chi connectivity index (χ0v) is 25.8. The van der Waals surface area contributed by atoms with Crippen LogP contribution in [-0.4, -0.2) is 65.3 Å². The lowest BCUT2D eigenvalue weighted by molar-refractivity contribution is -0.114. The Kier molecular flexibility index (Phi) is 8.60. The highest BCUT2D eigenvalue weighted by molar-refractivity contribution is 6.01. The standard InChI is InChI=1S/C36H38N8O2/c1-2-31(45)23-25-8-6-9-26(22-25)33-32-34(37-27-12-14-29(15-13-27)44-18-20-46-21-19-44)41-42-35(32)40-36(39-33)38-28-10-7-11-30(24-28)43-16-4-3-5-17-43/h2,6-15,22,24H,1,3-5,16-21,23H2,(H3,37,38,39,40,41,42). The molecule has 0 radical (unpaired) electrons. The Morgan fingerprint density at radius 3 is 2.43 bits per heavy atom. The molecule has 5 aromatic rings. The third kappa shape index (κ3) is 6.57. The van der Waals surface area contributed by atoms with Crippen molar-refractivity contribution in [3.8, 4) is 11.3 Å². The van der Waals surface area contributed by atoms with Crippen molar-refractivity contribution < 1.29 is 9.53 Å². The molecular formula is C36H38N8O2. The van der Waals surface area contributed by atoms with Gasteiger partial charge in [-0.1, -0.05) is 30.8 Å². The minimum Gasteiger partial charge on any atom is -0.378 e. The first-order valence-corrected chi connectivity index (χ1v) is 16.0. The van der Waals surface area contributed by atoms with Crippen LogP contribution in [0.5, 0.6) is 0 Å². The summed E-state index contributed by atoms with van der Waals surface area (Å²) in [6, 6.07) is 24.6. The molecule has 10 nitrogen and oxygen atoms in total. The predicted octanol–water partition coefficient (Wildman–Crippen LogP) is 6.63. The van der Waals surface area contributed by atoms with Crippen LogP contribution in [0, 0.1) is 0 Å². The summed E-state index contributed by atoms with van der Waals surface area (Å²) < 4.78 is 5.50. The molecule has 2 saturated heterocycles. The van der Waals surface area contributed by atoms with Gasteiger partial charge in [-0.2, -0.15) is 10.1 Å². The Bertz CT molecular complexity index is 1840. The van der Waals surface area contributed by atoms with Gasteiger partial charge < -0.3 is 25.2 Å². The number of benzene rings is 3. The van der Waals surface area contributed by atoms with E-state index in [1.807, 2.05) is 30.3 Å². The number of aromatic nitrogens is 4. The molecule has 0 saturated carbocycles. The maximum absolute atomic E-state index is 12.2. The molecule has 0 aliphatic carbocycles. The number of rotatable bonds is 10. The molecule has 7 rings (SSSR count). The number of nitrogens with zero attached hydrogens (tertiary/aromatic N) is 5. The van der Waals surface area contributed by atoms with Gasteiger partial charge in [0.1, 0.15) is 5.82 Å². The summed E-state index contributed by atoms with van der Waals surface area (Å²) in [7, 11) is 0. The van der Waals surface area contributed by atoms with E-state index < -0.39 is 0 Å². The number of morpholine rings is 1. The molecule has 46 heavy (non-hydrogen) atoms. The number of nitrogens with one attached hydrogen (secondary N) is 3. The van der Waals surface area contributed by atoms with E-state index in [1.54, 1.807) is 0 Å². The first-order valence-electron chi connectivity index (χ1n) is 16.0. The molecule has 2 fully saturated rings. The summed E-state index contributed by atoms with van der Waals surface area (Å²) in [4.78, 5) is 26.8. The summed E-state index contributed by atoms with van der Waals surface area (Å²) >= 11 is 0. The molecule has 4 heterocycles. The molecular weight excluding hydrogens is 576 g/mol. The maximum atomic E-state index is 12.2. The minimum absolute atomic E-state index is 0.0351. The molecule has 0 amide bonds. The van der Waals surface area contributed by atoms with Crippen molar-refractivity contribution in [3.63, 3.8) is 0 Å². The summed E-state index contributed by atoms with van der Waals surface area (Å²) in [5.41, 5.74) is 7.15. The number of fused-ring (bicyclic) bond motifs is 1. The molecule has 0 unspecified atom stereocenters. The van der Waals surface area contributed by atoms with Crippen molar-refractivity contribution in [1.82, 2.24) is 20.2 Å². The number of ketones is 1. The van der Waals surface area contributed by atoms with Gasteiger partial charge in [0.2, 0.25) is 5.95 Å². The fraction of sp³-hybridized carbons (Fsp3) is 0.278. The largest absolute Gasteiger partial charge is 0.378 e. The van der Waals surface area contributed by atoms with Gasteiger partial charge in [-0.25, -0.2) is 4.98 Å². The van der Waals surface area contributed by atoms with Crippen molar-refractivity contribution in [2.45, 2.75) is 25.7 Å². The van der Waals surface area contributed by atoms with Crippen molar-refractivity contribution in [2.24, 2.45) is 0 Å². The fourth-order valence-corrected chi connectivity index (χ4v) is 6.17. The summed E-state index contributed by atoms with van der Waals surface area (Å²) in [6.45, 7) is 9.02. The number of carbonyl (C=O) groups excluding carboxylic acids is 1. The molecule has 234 valence electrons. The van der Waals surface area contributed by atoms with Crippen molar-refractivity contribution in [3.05, 3.63) is 91.0 Å². The van der Waals surface area contributed by atoms with E-state index in [0.717, 1.165) is 67.3 Å². The lowest BCUT2D eigenvalue weighted by Crippen LogP contribution is -2.36. The lowest BCUT2D eigenvalue weighted by Gasteiger charge is -2.29. The molecule has 0 bridgehead atoms. The van der Waals surface area contributed by atoms with E-state index in [-0.39, 0.29) is 12.2 Å². The van der Waals surface area contributed by atoms with E-state index >= 15 is 0 Å². The first kappa shape index (κ1) is 29.5. The summed E-state index contributed by atoms with van der Waals surface area (Å²) in [6.07, 6.45) is 5.34. The number of aromatic amines is 1. The second-order valence-electron chi connectivity index (χ2n) is 11.7. The number of hydrogen-bond donors (Lipinski definition) is 3. The highest BCUT2D eigenvalue weighted by Gasteiger charge is 2.19. The van der Waals surface area contributed by atoms with Crippen LogP contribution in [0.4, 0.5) is 34.5 Å². The second-order valence-corrected chi connectivity index (χ2v) is 11.7. The van der Waals surface area contributed by atoms with E-state index in [1.165, 1.54) is 36.7 Å². The molecule has 2 aliphatic rings. The maximum Gasteiger partial charge on any atom is 0.229 e. The number of H-pyrrole nitrogens is 1. The van der Waals surface area contributed by atoms with Crippen LogP contribution in [0.25, 0.3) is 22.3 Å². The number of allylic oxidation sites excluding steroid dienone is 1. The van der Waals surface area contributed by atoms with Crippen LogP contribution in [0.15, 0.2) is 85.5 Å². The molecule has 0 atom stereocenters. The van der Waals surface area contributed by atoms with Crippen LogP contribution >= 0.6 is 0 Å². The van der Waals surface area contributed by atoms with Gasteiger partial charge >= 0.3 is 0 Å². The monoisotopic (exact) mass is 614 g/mol. The van der Waals surface area contributed by atoms with Gasteiger partial charge in [0, 0.05) is 60.9 Å². The Morgan fingerprint density at radius 1 is 0.848 bits per heavy atom. The van der Waals surface area contributed by atoms with Crippen LogP contribution < -0.4 is 20.4 Å². The van der Waals surface area contributed by atoms with Crippen LogP contribution in [0.1, 0.15) is 24.8 Å². The molecule has 2 aromatic heterocycles. The first-order chi connectivity index (χ1) is 22.6. The quantitative estimate of drug-likeness (QED) is 0.149. The van der Waals surface area contributed by atoms with Gasteiger partial charge in [0.25, 0.3) is 0 Å². The van der Waals surface area contributed by atoms with Gasteiger partial charge in [-0.3, -0.25) is 9.89 Å². The molecule has 2 aliphatic heterocycles. The smallest absolute Gasteiger partial charge is 0.229 e. The van der Waals surface area contributed by atoms with Crippen molar-refractivity contribution >= 4 is 51.3 Å². The number of anilines is 6. The van der Waals surface area contributed by atoms with Gasteiger partial charge in [0.15, 0.2) is 11.4 Å². The van der Waals surface area contributed by atoms with Crippen LogP contribution in [0.2, 0.25) is 0 Å². The number of hydrogen-bond acceptors (Lipinski definition) is 9. The topological polar surface area (TPSA) is 111 Å². The average Bonchev–Trinajstić information content (AvgIpc) is 3.51. The Morgan fingerprint density at radius 2 is 1.63 bits per heavy atom. The Hall–Kier alpha value is -5.22. The molecule has 3 N–H and O–H groups in total. The van der Waals surface area contributed by atoms with Gasteiger partial charge in [-0.05, 0) is 79.4 Å². The Labute approximate surface area is 268 Å². The number of piperidine rings is 1. The van der Waals surface area contributed by atoms with Crippen molar-refractivity contribution in [1.29, 1.82) is 0 Å². The van der Waals surface area contributed by atoms with E-state index in [9.17, 15) is 4.79 Å². The van der Waals surface area contributed by atoms with Gasteiger partial charge in [0.05, 0.1) is 24.3 Å². The number of carbonyl (C=O) groups is 1. The van der Waals surface area contributed by atoms with E-state index in [2.05, 4.69) is 79.7 Å². The second kappa shape index (κ2) is 13.4. The van der Waals surface area contributed by atoms with E-state index in [0.29, 0.717) is 23.1 Å². The normalized spacial score (nSPS) is 15.1. The zero-order chi connectivity index (χ0) is 31.3. The number of ether oxygens (including phenoxy) is 1. The predicted molar refractivity (Wildman–Crippen MR) is 185 cm³/mol. The highest BCUT2D eigenvalue weighted by Crippen LogP contribution is 2.35. The van der Waals surface area contributed by atoms with Crippen LogP contribution in [0.3, 0.4) is 0 Å². The SMILES string of the molecule is C=CC(=O)Cc1cccc(-c2nc(Nc3cccc(N4CCCCC4)c3)nc3n[nH]c(Nc4ccc(N5CCOCC5)cc4)c23)c1. The Balaban J connectivity index is 1.23. The zero-order valence-electron chi connectivity index (χ0n) is 25.8. The van der Waals surface area contributed by atoms with Crippen LogP contribution in [-0.2, 0) is 16.0 Å². The third-order valence-electron chi connectivity index (χ3n) is 8.56. The minimum atomic E-state index is -0.0351. The van der Waals surface area contributed by atoms with Gasteiger partial charge in [-0.15, -0.1) is 0 Å². The molecule has 3 aromatic carbocycles. The van der Waals surface area contributed by atoms with Crippen molar-refractivity contribution in [2.75, 3.05) is 59.8 Å². The average molecular weight is 615 g/mol. The highest BCUT2D eigenvalue weighted by atomic mass is 16.5. The lowest BCUT2D eigenvalue weighted by atomic mass is 10.0. The third-order valence-corrected chi connectivity index (χ3v) is 8.56. The summed E-state index contributed by atoms with van der Waals surface area (Å²) in [5.74, 6) is 1.10. The fourth-order valence-electron chi connectivity index (χ4n) is 6.17. The molecule has 0 spiro atoms. The van der Waals surface area contributed by atoms with E-state index in [4.69, 9.17) is 14.7 Å². The molecule has 10 heteroatoms. The summed E-state index contributed by atoms with van der Waals surface area (Å²) in [5, 5.41) is 15.4.